The minimum absolute atomic E-state index is 0.157. The number of methoxy groups -OCH3 is 1. The van der Waals surface area contributed by atoms with E-state index in [1.165, 1.54) is 0 Å². The lowest BCUT2D eigenvalue weighted by Crippen LogP contribution is -2.26. The quantitative estimate of drug-likeness (QED) is 0.616. The van der Waals surface area contributed by atoms with Crippen molar-refractivity contribution in [3.05, 3.63) is 59.1 Å². The Hall–Kier alpha value is -2.63. The van der Waals surface area contributed by atoms with Gasteiger partial charge in [-0.3, -0.25) is 4.79 Å². The monoisotopic (exact) mass is 384 g/mol. The standard InChI is InChI=1S/C21H21ClN2O3/c1-3-27-20-13-19(14-5-4-6-16(22)11-14)24-18-8-7-15(12-17(18)20)21(25)23-9-10-26-2/h4-8,11-13H,3,9-10H2,1-2H3,(H,23,25). The molecule has 6 heteroatoms. The van der Waals surface area contributed by atoms with Gasteiger partial charge in [-0.25, -0.2) is 4.98 Å². The van der Waals surface area contributed by atoms with Crippen molar-refractivity contribution in [2.45, 2.75) is 6.92 Å². The van der Waals surface area contributed by atoms with E-state index in [2.05, 4.69) is 5.32 Å². The molecule has 0 atom stereocenters. The van der Waals surface area contributed by atoms with Crippen LogP contribution < -0.4 is 10.1 Å². The first-order valence-corrected chi connectivity index (χ1v) is 9.11. The third-order valence-corrected chi connectivity index (χ3v) is 4.28. The molecule has 5 nitrogen and oxygen atoms in total. The fourth-order valence-electron chi connectivity index (χ4n) is 2.78. The number of nitrogens with zero attached hydrogens (tertiary/aromatic N) is 1. The lowest BCUT2D eigenvalue weighted by Gasteiger charge is -2.12. The largest absolute Gasteiger partial charge is 0.493 e. The summed E-state index contributed by atoms with van der Waals surface area (Å²) in [6.07, 6.45) is 0. The fourth-order valence-corrected chi connectivity index (χ4v) is 2.97. The second-order valence-electron chi connectivity index (χ2n) is 5.93. The summed E-state index contributed by atoms with van der Waals surface area (Å²) in [5, 5.41) is 4.26. The molecule has 0 aliphatic heterocycles. The SMILES string of the molecule is CCOc1cc(-c2cccc(Cl)c2)nc2ccc(C(=O)NCCOC)cc12. The van der Waals surface area contributed by atoms with E-state index in [9.17, 15) is 4.79 Å². The molecule has 0 unspecified atom stereocenters. The third kappa shape index (κ3) is 4.56. The van der Waals surface area contributed by atoms with Crippen molar-refractivity contribution in [2.75, 3.05) is 26.9 Å². The second-order valence-corrected chi connectivity index (χ2v) is 6.37. The van der Waals surface area contributed by atoms with Gasteiger partial charge in [0.25, 0.3) is 5.91 Å². The number of pyridine rings is 1. The predicted octanol–water partition coefficient (Wildman–Crippen LogP) is 4.33. The van der Waals surface area contributed by atoms with Crippen LogP contribution in [-0.4, -0.2) is 37.8 Å². The van der Waals surface area contributed by atoms with Crippen molar-refractivity contribution in [1.82, 2.24) is 10.3 Å². The number of nitrogens with one attached hydrogen (secondary N) is 1. The number of benzene rings is 2. The number of rotatable bonds is 7. The Balaban J connectivity index is 2.02. The molecule has 3 rings (SSSR count). The number of carbonyl (C=O) groups is 1. The van der Waals surface area contributed by atoms with Crippen LogP contribution in [0, 0.1) is 0 Å². The van der Waals surface area contributed by atoms with E-state index in [4.69, 9.17) is 26.1 Å². The van der Waals surface area contributed by atoms with E-state index >= 15 is 0 Å². The number of aromatic nitrogens is 1. The molecule has 0 saturated heterocycles. The van der Waals surface area contributed by atoms with Crippen molar-refractivity contribution < 1.29 is 14.3 Å². The minimum atomic E-state index is -0.157. The average Bonchev–Trinajstić information content (AvgIpc) is 2.68. The van der Waals surface area contributed by atoms with Gasteiger partial charge in [0.05, 0.1) is 24.4 Å². The number of amides is 1. The molecule has 0 spiro atoms. The zero-order chi connectivity index (χ0) is 19.2. The summed E-state index contributed by atoms with van der Waals surface area (Å²) in [7, 11) is 1.60. The van der Waals surface area contributed by atoms with Crippen LogP contribution in [0.4, 0.5) is 0 Å². The van der Waals surface area contributed by atoms with Gasteiger partial charge in [0.15, 0.2) is 0 Å². The van der Waals surface area contributed by atoms with Crippen molar-refractivity contribution in [2.24, 2.45) is 0 Å². The first kappa shape index (κ1) is 19.1. The third-order valence-electron chi connectivity index (χ3n) is 4.04. The van der Waals surface area contributed by atoms with E-state index in [0.29, 0.717) is 36.1 Å². The number of halogens is 1. The van der Waals surface area contributed by atoms with E-state index in [-0.39, 0.29) is 5.91 Å². The number of carbonyl (C=O) groups excluding carboxylic acids is 1. The van der Waals surface area contributed by atoms with Crippen LogP contribution in [0.25, 0.3) is 22.2 Å². The smallest absolute Gasteiger partial charge is 0.251 e. The van der Waals surface area contributed by atoms with Crippen LogP contribution in [0.1, 0.15) is 17.3 Å². The van der Waals surface area contributed by atoms with E-state index in [0.717, 1.165) is 22.2 Å². The molecule has 27 heavy (non-hydrogen) atoms. The maximum atomic E-state index is 12.3. The molecule has 1 amide bonds. The van der Waals surface area contributed by atoms with Crippen molar-refractivity contribution >= 4 is 28.4 Å². The lowest BCUT2D eigenvalue weighted by molar-refractivity contribution is 0.0937. The van der Waals surface area contributed by atoms with Crippen molar-refractivity contribution in [1.29, 1.82) is 0 Å². The molecule has 2 aromatic carbocycles. The molecule has 3 aromatic rings. The summed E-state index contributed by atoms with van der Waals surface area (Å²) in [6.45, 7) is 3.36. The molecule has 1 aromatic heterocycles. The molecule has 140 valence electrons. The van der Waals surface area contributed by atoms with E-state index in [1.54, 1.807) is 19.2 Å². The highest BCUT2D eigenvalue weighted by Gasteiger charge is 2.12. The molecule has 0 aliphatic rings. The van der Waals surface area contributed by atoms with Gasteiger partial charge in [-0.15, -0.1) is 0 Å². The van der Waals surface area contributed by atoms with Crippen LogP contribution >= 0.6 is 11.6 Å². The summed E-state index contributed by atoms with van der Waals surface area (Å²) < 4.78 is 10.8. The predicted molar refractivity (Wildman–Crippen MR) is 108 cm³/mol. The summed E-state index contributed by atoms with van der Waals surface area (Å²) in [6, 6.07) is 14.8. The Bertz CT molecular complexity index is 959. The van der Waals surface area contributed by atoms with Gasteiger partial charge in [0, 0.05) is 41.3 Å². The topological polar surface area (TPSA) is 60.5 Å². The Kier molecular flexibility index (Phi) is 6.27. The molecule has 0 bridgehead atoms. The first-order chi connectivity index (χ1) is 13.1. The van der Waals surface area contributed by atoms with Gasteiger partial charge in [-0.2, -0.15) is 0 Å². The number of fused-ring (bicyclic) bond motifs is 1. The van der Waals surface area contributed by atoms with Gasteiger partial charge in [0.2, 0.25) is 0 Å². The second kappa shape index (κ2) is 8.84. The highest BCUT2D eigenvalue weighted by atomic mass is 35.5. The summed E-state index contributed by atoms with van der Waals surface area (Å²) in [5.41, 5.74) is 2.98. The van der Waals surface area contributed by atoms with Crippen LogP contribution in [-0.2, 0) is 4.74 Å². The molecule has 0 radical (unpaired) electrons. The summed E-state index contributed by atoms with van der Waals surface area (Å²) >= 11 is 6.11. The van der Waals surface area contributed by atoms with E-state index < -0.39 is 0 Å². The number of hydrogen-bond acceptors (Lipinski definition) is 4. The molecule has 0 fully saturated rings. The maximum Gasteiger partial charge on any atom is 0.251 e. The van der Waals surface area contributed by atoms with Crippen LogP contribution in [0.2, 0.25) is 5.02 Å². The highest BCUT2D eigenvalue weighted by Crippen LogP contribution is 2.31. The maximum absolute atomic E-state index is 12.3. The Morgan fingerprint density at radius 2 is 2.04 bits per heavy atom. The van der Waals surface area contributed by atoms with Gasteiger partial charge in [0.1, 0.15) is 5.75 Å². The average molecular weight is 385 g/mol. The number of ether oxygens (including phenoxy) is 2. The van der Waals surface area contributed by atoms with Gasteiger partial charge < -0.3 is 14.8 Å². The minimum Gasteiger partial charge on any atom is -0.493 e. The molecular formula is C21H21ClN2O3. The summed E-state index contributed by atoms with van der Waals surface area (Å²) in [5.74, 6) is 0.527. The van der Waals surface area contributed by atoms with E-state index in [1.807, 2.05) is 43.3 Å². The van der Waals surface area contributed by atoms with Gasteiger partial charge in [-0.1, -0.05) is 23.7 Å². The molecule has 0 aliphatic carbocycles. The fraction of sp³-hybridized carbons (Fsp3) is 0.238. The molecule has 0 saturated carbocycles. The molecule has 1 heterocycles. The molecule has 1 N–H and O–H groups in total. The molecular weight excluding hydrogens is 364 g/mol. The van der Waals surface area contributed by atoms with Crippen molar-refractivity contribution in [3.63, 3.8) is 0 Å². The first-order valence-electron chi connectivity index (χ1n) is 8.73. The van der Waals surface area contributed by atoms with Crippen LogP contribution in [0.15, 0.2) is 48.5 Å². The van der Waals surface area contributed by atoms with Crippen LogP contribution in [0.5, 0.6) is 5.75 Å². The van der Waals surface area contributed by atoms with Gasteiger partial charge in [-0.05, 0) is 37.3 Å². The Morgan fingerprint density at radius 3 is 2.78 bits per heavy atom. The zero-order valence-electron chi connectivity index (χ0n) is 15.3. The van der Waals surface area contributed by atoms with Crippen LogP contribution in [0.3, 0.4) is 0 Å². The lowest BCUT2D eigenvalue weighted by atomic mass is 10.1. The summed E-state index contributed by atoms with van der Waals surface area (Å²) in [4.78, 5) is 17.0. The highest BCUT2D eigenvalue weighted by molar-refractivity contribution is 6.30. The Labute approximate surface area is 163 Å². The number of hydrogen-bond donors (Lipinski definition) is 1. The Morgan fingerprint density at radius 1 is 1.19 bits per heavy atom. The zero-order valence-corrected chi connectivity index (χ0v) is 16.0. The van der Waals surface area contributed by atoms with Crippen molar-refractivity contribution in [3.8, 4) is 17.0 Å². The van der Waals surface area contributed by atoms with Gasteiger partial charge >= 0.3 is 0 Å². The normalized spacial score (nSPS) is 10.8.